The van der Waals surface area contributed by atoms with E-state index in [-0.39, 0.29) is 11.7 Å². The van der Waals surface area contributed by atoms with E-state index >= 15 is 0 Å². The largest absolute Gasteiger partial charge is 0.444 e. The molecular weight excluding hydrogens is 282 g/mol. The van der Waals surface area contributed by atoms with Crippen LogP contribution in [0.1, 0.15) is 59.8 Å². The number of hydrogen-bond donors (Lipinski definition) is 0. The molecule has 1 saturated carbocycles. The van der Waals surface area contributed by atoms with Gasteiger partial charge in [-0.2, -0.15) is 0 Å². The molecule has 0 bridgehead atoms. The Bertz CT molecular complexity index is 365. The Hall–Kier alpha value is -0.810. The van der Waals surface area contributed by atoms with Crippen molar-refractivity contribution < 1.29 is 19.0 Å². The summed E-state index contributed by atoms with van der Waals surface area (Å²) in [6, 6.07) is 0. The third-order valence-electron chi connectivity index (χ3n) is 4.47. The molecule has 0 radical (unpaired) electrons. The SMILES string of the molecule is CCC1(OCOCC2CC2)CCN(C(=O)OC(C)(C)C)CC1. The van der Waals surface area contributed by atoms with Crippen molar-refractivity contribution >= 4 is 6.09 Å². The minimum Gasteiger partial charge on any atom is -0.444 e. The monoisotopic (exact) mass is 313 g/mol. The maximum absolute atomic E-state index is 12.1. The molecule has 1 saturated heterocycles. The number of carbonyl (C=O) groups is 1. The molecule has 128 valence electrons. The van der Waals surface area contributed by atoms with Crippen molar-refractivity contribution in [3.05, 3.63) is 0 Å². The number of rotatable bonds is 6. The molecule has 0 aromatic carbocycles. The van der Waals surface area contributed by atoms with Crippen LogP contribution in [0.3, 0.4) is 0 Å². The van der Waals surface area contributed by atoms with E-state index in [1.807, 2.05) is 20.8 Å². The molecule has 2 aliphatic rings. The van der Waals surface area contributed by atoms with E-state index in [0.717, 1.165) is 31.8 Å². The molecule has 0 atom stereocenters. The fraction of sp³-hybridized carbons (Fsp3) is 0.941. The maximum atomic E-state index is 12.1. The number of likely N-dealkylation sites (tertiary alicyclic amines) is 1. The Balaban J connectivity index is 1.73. The zero-order valence-corrected chi connectivity index (χ0v) is 14.5. The van der Waals surface area contributed by atoms with Crippen molar-refractivity contribution in [2.75, 3.05) is 26.5 Å². The van der Waals surface area contributed by atoms with Gasteiger partial charge < -0.3 is 19.1 Å². The molecule has 0 N–H and O–H groups in total. The minimum absolute atomic E-state index is 0.151. The topological polar surface area (TPSA) is 48.0 Å². The van der Waals surface area contributed by atoms with E-state index < -0.39 is 5.60 Å². The van der Waals surface area contributed by atoms with E-state index in [4.69, 9.17) is 14.2 Å². The van der Waals surface area contributed by atoms with Gasteiger partial charge in [0.25, 0.3) is 0 Å². The van der Waals surface area contributed by atoms with Gasteiger partial charge in [-0.15, -0.1) is 0 Å². The summed E-state index contributed by atoms with van der Waals surface area (Å²) in [4.78, 5) is 13.9. The molecule has 1 aliphatic heterocycles. The van der Waals surface area contributed by atoms with Gasteiger partial charge in [0.05, 0.1) is 12.2 Å². The van der Waals surface area contributed by atoms with Crippen LogP contribution in [-0.2, 0) is 14.2 Å². The Labute approximate surface area is 134 Å². The molecule has 1 amide bonds. The Morgan fingerprint density at radius 1 is 1.23 bits per heavy atom. The van der Waals surface area contributed by atoms with Crippen LogP contribution < -0.4 is 0 Å². The van der Waals surface area contributed by atoms with Gasteiger partial charge in [0, 0.05) is 13.1 Å². The van der Waals surface area contributed by atoms with Gasteiger partial charge in [-0.1, -0.05) is 6.92 Å². The van der Waals surface area contributed by atoms with Gasteiger partial charge in [-0.25, -0.2) is 4.79 Å². The van der Waals surface area contributed by atoms with Crippen LogP contribution in [0, 0.1) is 5.92 Å². The molecular formula is C17H31NO4. The van der Waals surface area contributed by atoms with Gasteiger partial charge in [0.15, 0.2) is 0 Å². The lowest BCUT2D eigenvalue weighted by molar-refractivity contribution is -0.162. The summed E-state index contributed by atoms with van der Waals surface area (Å²) in [6.07, 6.45) is 5.00. The van der Waals surface area contributed by atoms with Gasteiger partial charge in [-0.3, -0.25) is 0 Å². The Morgan fingerprint density at radius 2 is 1.86 bits per heavy atom. The first-order valence-electron chi connectivity index (χ1n) is 8.53. The summed E-state index contributed by atoms with van der Waals surface area (Å²) < 4.78 is 17.1. The zero-order chi connectivity index (χ0) is 16.2. The standard InChI is InChI=1S/C17H31NO4/c1-5-17(21-13-20-12-14-6-7-14)8-10-18(11-9-17)15(19)22-16(2,3)4/h14H,5-13H2,1-4H3. The van der Waals surface area contributed by atoms with Gasteiger partial charge >= 0.3 is 6.09 Å². The second-order valence-corrected chi connectivity index (χ2v) is 7.58. The summed E-state index contributed by atoms with van der Waals surface area (Å²) in [5, 5.41) is 0. The predicted molar refractivity (Wildman–Crippen MR) is 84.7 cm³/mol. The molecule has 0 aromatic heterocycles. The molecule has 0 unspecified atom stereocenters. The van der Waals surface area contributed by atoms with Crippen molar-refractivity contribution in [3.8, 4) is 0 Å². The van der Waals surface area contributed by atoms with Gasteiger partial charge in [0.1, 0.15) is 12.4 Å². The van der Waals surface area contributed by atoms with E-state index in [1.54, 1.807) is 4.90 Å². The van der Waals surface area contributed by atoms with Crippen LogP contribution in [-0.4, -0.2) is 48.7 Å². The molecule has 0 spiro atoms. The number of hydrogen-bond acceptors (Lipinski definition) is 4. The zero-order valence-electron chi connectivity index (χ0n) is 14.5. The highest BCUT2D eigenvalue weighted by atomic mass is 16.7. The lowest BCUT2D eigenvalue weighted by Gasteiger charge is -2.41. The number of nitrogens with zero attached hydrogens (tertiary/aromatic N) is 1. The van der Waals surface area contributed by atoms with Crippen LogP contribution in [0.15, 0.2) is 0 Å². The van der Waals surface area contributed by atoms with Crippen LogP contribution >= 0.6 is 0 Å². The van der Waals surface area contributed by atoms with Crippen molar-refractivity contribution in [1.29, 1.82) is 0 Å². The van der Waals surface area contributed by atoms with Gasteiger partial charge in [0.2, 0.25) is 0 Å². The van der Waals surface area contributed by atoms with E-state index in [9.17, 15) is 4.79 Å². The second kappa shape index (κ2) is 7.18. The van der Waals surface area contributed by atoms with Crippen molar-refractivity contribution in [2.45, 2.75) is 71.0 Å². The first-order chi connectivity index (χ1) is 10.3. The highest BCUT2D eigenvalue weighted by molar-refractivity contribution is 5.68. The summed E-state index contributed by atoms with van der Waals surface area (Å²) in [5.74, 6) is 0.759. The molecule has 1 aliphatic carbocycles. The average molecular weight is 313 g/mol. The predicted octanol–water partition coefficient (Wildman–Crippen LogP) is 3.57. The Kier molecular flexibility index (Phi) is 5.72. The number of ether oxygens (including phenoxy) is 3. The molecule has 2 rings (SSSR count). The average Bonchev–Trinajstić information content (AvgIpc) is 3.26. The van der Waals surface area contributed by atoms with E-state index in [0.29, 0.717) is 19.9 Å². The lowest BCUT2D eigenvalue weighted by Crippen LogP contribution is -2.49. The van der Waals surface area contributed by atoms with E-state index in [2.05, 4.69) is 6.92 Å². The van der Waals surface area contributed by atoms with Crippen molar-refractivity contribution in [2.24, 2.45) is 5.92 Å². The third kappa shape index (κ3) is 5.43. The molecule has 2 fully saturated rings. The van der Waals surface area contributed by atoms with Crippen molar-refractivity contribution in [1.82, 2.24) is 4.90 Å². The summed E-state index contributed by atoms with van der Waals surface area (Å²) >= 11 is 0. The smallest absolute Gasteiger partial charge is 0.410 e. The first-order valence-corrected chi connectivity index (χ1v) is 8.53. The fourth-order valence-electron chi connectivity index (χ4n) is 2.69. The number of piperidine rings is 1. The maximum Gasteiger partial charge on any atom is 0.410 e. The summed E-state index contributed by atoms with van der Waals surface area (Å²) in [6.45, 7) is 10.4. The van der Waals surface area contributed by atoms with Crippen LogP contribution in [0.4, 0.5) is 4.79 Å². The lowest BCUT2D eigenvalue weighted by atomic mass is 9.89. The summed E-state index contributed by atoms with van der Waals surface area (Å²) in [7, 11) is 0. The first kappa shape index (κ1) is 17.5. The quantitative estimate of drug-likeness (QED) is 0.555. The molecule has 5 heteroatoms. The minimum atomic E-state index is -0.441. The van der Waals surface area contributed by atoms with Crippen LogP contribution in [0.25, 0.3) is 0 Å². The third-order valence-corrected chi connectivity index (χ3v) is 4.47. The highest BCUT2D eigenvalue weighted by Gasteiger charge is 2.36. The number of carbonyl (C=O) groups excluding carboxylic acids is 1. The fourth-order valence-corrected chi connectivity index (χ4v) is 2.69. The van der Waals surface area contributed by atoms with Gasteiger partial charge in [-0.05, 0) is 58.8 Å². The van der Waals surface area contributed by atoms with Crippen LogP contribution in [0.2, 0.25) is 0 Å². The van der Waals surface area contributed by atoms with E-state index in [1.165, 1.54) is 12.8 Å². The highest BCUT2D eigenvalue weighted by Crippen LogP contribution is 2.31. The van der Waals surface area contributed by atoms with Crippen molar-refractivity contribution in [3.63, 3.8) is 0 Å². The number of amides is 1. The molecule has 5 nitrogen and oxygen atoms in total. The molecule has 22 heavy (non-hydrogen) atoms. The molecule has 1 heterocycles. The van der Waals surface area contributed by atoms with Crippen LogP contribution in [0.5, 0.6) is 0 Å². The Morgan fingerprint density at radius 3 is 2.36 bits per heavy atom. The second-order valence-electron chi connectivity index (χ2n) is 7.58. The normalized spacial score (nSPS) is 21.7. The molecule has 0 aromatic rings. The summed E-state index contributed by atoms with van der Waals surface area (Å²) in [5.41, 5.74) is -0.592.